The monoisotopic (exact) mass is 470 g/mol. The molecule has 3 aliphatic heterocycles. The third-order valence-corrected chi connectivity index (χ3v) is 7.56. The van der Waals surface area contributed by atoms with Gasteiger partial charge in [-0.25, -0.2) is 0 Å². The molecule has 0 fully saturated rings. The molecular weight excluding hydrogens is 436 g/mol. The van der Waals surface area contributed by atoms with Crippen LogP contribution in [0.25, 0.3) is 16.8 Å². The van der Waals surface area contributed by atoms with E-state index in [-0.39, 0.29) is 6.04 Å². The van der Waals surface area contributed by atoms with Gasteiger partial charge in [-0.1, -0.05) is 105 Å². The largest absolute Gasteiger partial charge is 0.365 e. The van der Waals surface area contributed by atoms with Gasteiger partial charge in [0.05, 0.1) is 12.1 Å². The molecule has 3 aliphatic rings. The lowest BCUT2D eigenvalue weighted by Crippen LogP contribution is -2.35. The predicted molar refractivity (Wildman–Crippen MR) is 151 cm³/mol. The van der Waals surface area contributed by atoms with E-state index < -0.39 is 0 Å². The van der Waals surface area contributed by atoms with Crippen LogP contribution < -0.4 is 0 Å². The lowest BCUT2D eigenvalue weighted by Gasteiger charge is -2.37. The second kappa shape index (κ2) is 9.70. The Bertz CT molecular complexity index is 1340. The zero-order valence-electron chi connectivity index (χ0n) is 21.2. The Kier molecular flexibility index (Phi) is 6.11. The van der Waals surface area contributed by atoms with E-state index >= 15 is 0 Å². The fourth-order valence-electron chi connectivity index (χ4n) is 5.88. The Morgan fingerprint density at radius 3 is 2.42 bits per heavy atom. The summed E-state index contributed by atoms with van der Waals surface area (Å²) in [7, 11) is 0. The third-order valence-electron chi connectivity index (χ3n) is 7.56. The van der Waals surface area contributed by atoms with E-state index in [1.807, 2.05) is 0 Å². The molecule has 2 nitrogen and oxygen atoms in total. The molecule has 0 saturated carbocycles. The third kappa shape index (κ3) is 4.33. The van der Waals surface area contributed by atoms with Gasteiger partial charge in [0.15, 0.2) is 0 Å². The molecule has 0 saturated heterocycles. The van der Waals surface area contributed by atoms with Crippen LogP contribution in [-0.4, -0.2) is 22.9 Å². The van der Waals surface area contributed by atoms with Crippen molar-refractivity contribution in [2.75, 3.05) is 13.1 Å². The van der Waals surface area contributed by atoms with Crippen LogP contribution in [0.4, 0.5) is 0 Å². The number of hydrogen-bond acceptors (Lipinski definition) is 2. The smallest absolute Gasteiger partial charge is 0.0727 e. The maximum Gasteiger partial charge on any atom is 0.0727 e. The maximum absolute atomic E-state index is 2.62. The number of benzene rings is 3. The highest BCUT2D eigenvalue weighted by Crippen LogP contribution is 2.46. The van der Waals surface area contributed by atoms with Crippen molar-refractivity contribution in [3.63, 3.8) is 0 Å². The van der Waals surface area contributed by atoms with E-state index in [2.05, 4.69) is 139 Å². The minimum Gasteiger partial charge on any atom is -0.365 e. The molecule has 36 heavy (non-hydrogen) atoms. The van der Waals surface area contributed by atoms with Crippen LogP contribution in [0.15, 0.2) is 121 Å². The molecule has 0 N–H and O–H groups in total. The van der Waals surface area contributed by atoms with Crippen molar-refractivity contribution in [1.29, 1.82) is 0 Å². The Labute approximate surface area is 215 Å². The van der Waals surface area contributed by atoms with Crippen molar-refractivity contribution in [1.82, 2.24) is 9.80 Å². The summed E-state index contributed by atoms with van der Waals surface area (Å²) in [5.74, 6) is 0.656. The second-order valence-electron chi connectivity index (χ2n) is 10.5. The van der Waals surface area contributed by atoms with Gasteiger partial charge >= 0.3 is 0 Å². The van der Waals surface area contributed by atoms with E-state index in [9.17, 15) is 0 Å². The van der Waals surface area contributed by atoms with Crippen LogP contribution in [0.3, 0.4) is 0 Å². The van der Waals surface area contributed by atoms with Crippen molar-refractivity contribution in [2.24, 2.45) is 5.92 Å². The molecule has 6 rings (SSSR count). The van der Waals surface area contributed by atoms with Gasteiger partial charge in [0.25, 0.3) is 0 Å². The summed E-state index contributed by atoms with van der Waals surface area (Å²) >= 11 is 0. The number of nitrogens with zero attached hydrogens (tertiary/aromatic N) is 2. The highest BCUT2D eigenvalue weighted by Gasteiger charge is 2.36. The number of allylic oxidation sites excluding steroid dienone is 4. The fourth-order valence-corrected chi connectivity index (χ4v) is 5.88. The Morgan fingerprint density at radius 2 is 1.64 bits per heavy atom. The molecule has 0 radical (unpaired) electrons. The molecular formula is C34H34N2. The molecule has 3 heterocycles. The van der Waals surface area contributed by atoms with Gasteiger partial charge in [-0.2, -0.15) is 0 Å². The van der Waals surface area contributed by atoms with Crippen LogP contribution in [0.1, 0.15) is 49.0 Å². The van der Waals surface area contributed by atoms with E-state index in [0.717, 1.165) is 19.5 Å². The van der Waals surface area contributed by atoms with Crippen molar-refractivity contribution in [2.45, 2.75) is 32.4 Å². The number of hydrogen-bond donors (Lipinski definition) is 0. The highest BCUT2D eigenvalue weighted by atomic mass is 15.3. The number of rotatable bonds is 6. The molecule has 0 aliphatic carbocycles. The standard InChI is InChI=1S/C34H34N2/c1-25(2)21-26-18-20-36-33(22-26)31-23-29(27-11-5-3-6-12-27)16-17-30(31)34(36)24-35-19-10-9-15-32(35)28-13-7-4-8-14-28/h3-19,22-23,25,32,34H,20-21,24H2,1-2H3/t32?,34-/m0/s1. The van der Waals surface area contributed by atoms with Crippen LogP contribution in [0.5, 0.6) is 0 Å². The van der Waals surface area contributed by atoms with Gasteiger partial charge in [0.2, 0.25) is 0 Å². The molecule has 0 aromatic heterocycles. The van der Waals surface area contributed by atoms with Crippen molar-refractivity contribution < 1.29 is 0 Å². The van der Waals surface area contributed by atoms with E-state index in [1.165, 1.54) is 39.1 Å². The summed E-state index contributed by atoms with van der Waals surface area (Å²) in [5, 5.41) is 0. The fraction of sp³-hybridized carbons (Fsp3) is 0.235. The molecule has 0 bridgehead atoms. The minimum atomic E-state index is 0.258. The van der Waals surface area contributed by atoms with Gasteiger partial charge < -0.3 is 9.80 Å². The van der Waals surface area contributed by atoms with Crippen molar-refractivity contribution in [3.8, 4) is 11.1 Å². The number of fused-ring (bicyclic) bond motifs is 3. The summed E-state index contributed by atoms with van der Waals surface area (Å²) in [6, 6.07) is 29.3. The van der Waals surface area contributed by atoms with Crippen LogP contribution in [0, 0.1) is 5.92 Å². The van der Waals surface area contributed by atoms with Crippen molar-refractivity contribution in [3.05, 3.63) is 138 Å². The predicted octanol–water partition coefficient (Wildman–Crippen LogP) is 8.16. The molecule has 3 aromatic rings. The quantitative estimate of drug-likeness (QED) is 0.358. The average Bonchev–Trinajstić information content (AvgIpc) is 3.22. The molecule has 2 heteroatoms. The lowest BCUT2D eigenvalue weighted by molar-refractivity contribution is 0.225. The first-order valence-electron chi connectivity index (χ1n) is 13.2. The lowest BCUT2D eigenvalue weighted by atomic mass is 9.95. The zero-order chi connectivity index (χ0) is 24.5. The first-order valence-corrected chi connectivity index (χ1v) is 13.2. The SMILES string of the molecule is CC(C)CC1=CCN2C(=C1)c1cc(-c3ccccc3)ccc1[C@@H]2CN1C=CC=CC1c1ccccc1. The van der Waals surface area contributed by atoms with Crippen LogP contribution >= 0.6 is 0 Å². The highest BCUT2D eigenvalue weighted by molar-refractivity contribution is 5.79. The average molecular weight is 471 g/mol. The first-order chi connectivity index (χ1) is 17.7. The first kappa shape index (κ1) is 22.7. The minimum absolute atomic E-state index is 0.258. The van der Waals surface area contributed by atoms with Gasteiger partial charge in [-0.15, -0.1) is 0 Å². The molecule has 2 atom stereocenters. The van der Waals surface area contributed by atoms with Gasteiger partial charge in [-0.3, -0.25) is 0 Å². The van der Waals surface area contributed by atoms with Gasteiger partial charge in [0.1, 0.15) is 0 Å². The zero-order valence-corrected chi connectivity index (χ0v) is 21.2. The summed E-state index contributed by atoms with van der Waals surface area (Å²) < 4.78 is 0. The molecule has 0 amide bonds. The Balaban J connectivity index is 1.38. The van der Waals surface area contributed by atoms with E-state index in [1.54, 1.807) is 0 Å². The molecule has 0 spiro atoms. The summed E-state index contributed by atoms with van der Waals surface area (Å²) in [5.41, 5.74) is 9.59. The van der Waals surface area contributed by atoms with Crippen LogP contribution in [0.2, 0.25) is 0 Å². The van der Waals surface area contributed by atoms with Gasteiger partial charge in [-0.05, 0) is 58.4 Å². The second-order valence-corrected chi connectivity index (χ2v) is 10.5. The summed E-state index contributed by atoms with van der Waals surface area (Å²) in [6.07, 6.45) is 15.0. The van der Waals surface area contributed by atoms with E-state index in [4.69, 9.17) is 0 Å². The van der Waals surface area contributed by atoms with Crippen molar-refractivity contribution >= 4 is 5.70 Å². The van der Waals surface area contributed by atoms with E-state index in [0.29, 0.717) is 12.0 Å². The Hall–Kier alpha value is -3.78. The van der Waals surface area contributed by atoms with Crippen LogP contribution in [-0.2, 0) is 0 Å². The molecule has 180 valence electrons. The summed E-state index contributed by atoms with van der Waals surface area (Å²) in [6.45, 7) is 6.54. The normalized spacial score (nSPS) is 20.3. The Morgan fingerprint density at radius 1 is 0.861 bits per heavy atom. The topological polar surface area (TPSA) is 6.48 Å². The molecule has 1 unspecified atom stereocenters. The van der Waals surface area contributed by atoms with Gasteiger partial charge in [0, 0.05) is 30.5 Å². The summed E-state index contributed by atoms with van der Waals surface area (Å²) in [4.78, 5) is 5.13. The maximum atomic E-state index is 2.62. The molecule has 3 aromatic carbocycles.